The average molecular weight is 324 g/mol. The molecule has 0 aromatic heterocycles. The number of halogens is 1. The lowest BCUT2D eigenvalue weighted by atomic mass is 10.1. The van der Waals surface area contributed by atoms with Gasteiger partial charge in [-0.15, -0.1) is 0 Å². The number of morpholine rings is 1. The molecule has 1 aliphatic heterocycles. The van der Waals surface area contributed by atoms with Gasteiger partial charge in [-0.1, -0.05) is 29.8 Å². The van der Waals surface area contributed by atoms with E-state index in [1.165, 1.54) is 0 Å². The number of carbonyl (C=O) groups is 2. The minimum Gasteiger partial charge on any atom is -0.481 e. The largest absolute Gasteiger partial charge is 0.481 e. The van der Waals surface area contributed by atoms with E-state index in [-0.39, 0.29) is 24.2 Å². The van der Waals surface area contributed by atoms with Crippen LogP contribution in [-0.4, -0.2) is 47.7 Å². The third kappa shape index (κ3) is 3.25. The molecule has 0 radical (unpaired) electrons. The van der Waals surface area contributed by atoms with Crippen LogP contribution < -0.4 is 0 Å². The average Bonchev–Trinajstić information content (AvgIpc) is 3.27. The predicted octanol–water partition coefficient (Wildman–Crippen LogP) is 2.15. The first-order chi connectivity index (χ1) is 10.6. The number of carbonyl (C=O) groups excluding carboxylic acids is 1. The Morgan fingerprint density at radius 1 is 1.36 bits per heavy atom. The first kappa shape index (κ1) is 15.3. The SMILES string of the molecule is O=C(O)CC1CN(C(=O)C2CC2c2ccccc2Cl)CCO1. The number of carboxylic acid groups (broad SMARTS) is 1. The van der Waals surface area contributed by atoms with Crippen LogP contribution in [0.15, 0.2) is 24.3 Å². The van der Waals surface area contributed by atoms with Gasteiger partial charge in [0, 0.05) is 24.0 Å². The summed E-state index contributed by atoms with van der Waals surface area (Å²) in [6, 6.07) is 7.61. The second kappa shape index (κ2) is 6.26. The molecule has 3 rings (SSSR count). The molecule has 1 amide bonds. The third-order valence-corrected chi connectivity index (χ3v) is 4.61. The molecule has 1 saturated carbocycles. The van der Waals surface area contributed by atoms with Crippen molar-refractivity contribution in [3.63, 3.8) is 0 Å². The molecule has 2 fully saturated rings. The molecule has 3 atom stereocenters. The van der Waals surface area contributed by atoms with Crippen molar-refractivity contribution in [1.29, 1.82) is 0 Å². The van der Waals surface area contributed by atoms with E-state index in [0.717, 1.165) is 12.0 Å². The Morgan fingerprint density at radius 2 is 2.14 bits per heavy atom. The zero-order valence-electron chi connectivity index (χ0n) is 12.1. The highest BCUT2D eigenvalue weighted by Crippen LogP contribution is 2.50. The lowest BCUT2D eigenvalue weighted by Gasteiger charge is -2.32. The number of benzene rings is 1. The molecule has 1 aliphatic carbocycles. The van der Waals surface area contributed by atoms with Crippen molar-refractivity contribution in [2.75, 3.05) is 19.7 Å². The molecule has 1 aromatic rings. The van der Waals surface area contributed by atoms with Gasteiger partial charge in [-0.3, -0.25) is 9.59 Å². The van der Waals surface area contributed by atoms with Gasteiger partial charge in [-0.2, -0.15) is 0 Å². The molecular weight excluding hydrogens is 306 g/mol. The van der Waals surface area contributed by atoms with E-state index in [0.29, 0.717) is 24.7 Å². The van der Waals surface area contributed by atoms with Crippen LogP contribution in [0, 0.1) is 5.92 Å². The second-order valence-electron chi connectivity index (χ2n) is 5.85. The predicted molar refractivity (Wildman–Crippen MR) is 80.9 cm³/mol. The molecule has 6 heteroatoms. The van der Waals surface area contributed by atoms with Crippen molar-refractivity contribution >= 4 is 23.5 Å². The maximum absolute atomic E-state index is 12.6. The topological polar surface area (TPSA) is 66.8 Å². The van der Waals surface area contributed by atoms with Crippen molar-refractivity contribution in [3.8, 4) is 0 Å². The van der Waals surface area contributed by atoms with E-state index < -0.39 is 12.1 Å². The molecule has 1 saturated heterocycles. The van der Waals surface area contributed by atoms with Crippen LogP contribution in [0.1, 0.15) is 24.3 Å². The maximum atomic E-state index is 12.6. The van der Waals surface area contributed by atoms with Crippen LogP contribution in [0.2, 0.25) is 5.02 Å². The zero-order chi connectivity index (χ0) is 15.7. The molecule has 3 unspecified atom stereocenters. The summed E-state index contributed by atoms with van der Waals surface area (Å²) in [5.74, 6) is -0.672. The highest BCUT2D eigenvalue weighted by molar-refractivity contribution is 6.31. The summed E-state index contributed by atoms with van der Waals surface area (Å²) < 4.78 is 5.40. The quantitative estimate of drug-likeness (QED) is 0.922. The van der Waals surface area contributed by atoms with Gasteiger partial charge in [0.25, 0.3) is 0 Å². The lowest BCUT2D eigenvalue weighted by molar-refractivity contribution is -0.148. The van der Waals surface area contributed by atoms with Crippen molar-refractivity contribution < 1.29 is 19.4 Å². The minimum atomic E-state index is -0.903. The zero-order valence-corrected chi connectivity index (χ0v) is 12.8. The van der Waals surface area contributed by atoms with Crippen LogP contribution >= 0.6 is 11.6 Å². The van der Waals surface area contributed by atoms with Gasteiger partial charge in [0.2, 0.25) is 5.91 Å². The van der Waals surface area contributed by atoms with Crippen molar-refractivity contribution in [3.05, 3.63) is 34.9 Å². The molecular formula is C16H18ClNO4. The fourth-order valence-electron chi connectivity index (χ4n) is 3.06. The number of amides is 1. The summed E-state index contributed by atoms with van der Waals surface area (Å²) in [6.07, 6.45) is 0.332. The summed E-state index contributed by atoms with van der Waals surface area (Å²) in [4.78, 5) is 25.1. The molecule has 1 N–H and O–H groups in total. The summed E-state index contributed by atoms with van der Waals surface area (Å²) in [6.45, 7) is 1.28. The van der Waals surface area contributed by atoms with Crippen LogP contribution in [0.5, 0.6) is 0 Å². The number of nitrogens with zero attached hydrogens (tertiary/aromatic N) is 1. The number of rotatable bonds is 4. The Bertz CT molecular complexity index is 591. The Labute approximate surface area is 133 Å². The number of carboxylic acids is 1. The molecule has 2 aliphatic rings. The normalized spacial score (nSPS) is 27.5. The molecule has 0 spiro atoms. The first-order valence-corrected chi connectivity index (χ1v) is 7.80. The smallest absolute Gasteiger partial charge is 0.306 e. The summed E-state index contributed by atoms with van der Waals surface area (Å²) in [5.41, 5.74) is 1.03. The van der Waals surface area contributed by atoms with Gasteiger partial charge in [0.15, 0.2) is 0 Å². The molecule has 118 valence electrons. The number of aliphatic carboxylic acids is 1. The Kier molecular flexibility index (Phi) is 4.36. The van der Waals surface area contributed by atoms with Crippen LogP contribution in [0.3, 0.4) is 0 Å². The number of hydrogen-bond acceptors (Lipinski definition) is 3. The van der Waals surface area contributed by atoms with Crippen molar-refractivity contribution in [2.45, 2.75) is 24.9 Å². The molecule has 5 nitrogen and oxygen atoms in total. The van der Waals surface area contributed by atoms with Gasteiger partial charge in [-0.25, -0.2) is 0 Å². The minimum absolute atomic E-state index is 0.0384. The van der Waals surface area contributed by atoms with Gasteiger partial charge < -0.3 is 14.7 Å². The molecule has 1 aromatic carbocycles. The summed E-state index contributed by atoms with van der Waals surface area (Å²) >= 11 is 6.19. The summed E-state index contributed by atoms with van der Waals surface area (Å²) in [5, 5.41) is 9.54. The lowest BCUT2D eigenvalue weighted by Crippen LogP contribution is -2.47. The fraction of sp³-hybridized carbons (Fsp3) is 0.500. The highest BCUT2D eigenvalue weighted by Gasteiger charge is 2.47. The molecule has 1 heterocycles. The van der Waals surface area contributed by atoms with Gasteiger partial charge >= 0.3 is 5.97 Å². The fourth-order valence-corrected chi connectivity index (χ4v) is 3.34. The van der Waals surface area contributed by atoms with Crippen LogP contribution in [-0.2, 0) is 14.3 Å². The van der Waals surface area contributed by atoms with Crippen LogP contribution in [0.4, 0.5) is 0 Å². The van der Waals surface area contributed by atoms with E-state index in [1.807, 2.05) is 24.3 Å². The highest BCUT2D eigenvalue weighted by atomic mass is 35.5. The number of hydrogen-bond donors (Lipinski definition) is 1. The van der Waals surface area contributed by atoms with E-state index in [9.17, 15) is 9.59 Å². The van der Waals surface area contributed by atoms with Gasteiger partial charge in [-0.05, 0) is 24.0 Å². The van der Waals surface area contributed by atoms with E-state index in [4.69, 9.17) is 21.4 Å². The Balaban J connectivity index is 1.61. The monoisotopic (exact) mass is 323 g/mol. The molecule has 22 heavy (non-hydrogen) atoms. The molecule has 0 bridgehead atoms. The van der Waals surface area contributed by atoms with Gasteiger partial charge in [0.1, 0.15) is 0 Å². The Morgan fingerprint density at radius 3 is 2.86 bits per heavy atom. The van der Waals surface area contributed by atoms with E-state index in [1.54, 1.807) is 4.90 Å². The van der Waals surface area contributed by atoms with Crippen molar-refractivity contribution in [2.24, 2.45) is 5.92 Å². The van der Waals surface area contributed by atoms with Crippen LogP contribution in [0.25, 0.3) is 0 Å². The second-order valence-corrected chi connectivity index (χ2v) is 6.25. The Hall–Kier alpha value is -1.59. The maximum Gasteiger partial charge on any atom is 0.306 e. The third-order valence-electron chi connectivity index (χ3n) is 4.27. The van der Waals surface area contributed by atoms with Gasteiger partial charge in [0.05, 0.1) is 19.1 Å². The van der Waals surface area contributed by atoms with E-state index >= 15 is 0 Å². The summed E-state index contributed by atoms with van der Waals surface area (Å²) in [7, 11) is 0. The van der Waals surface area contributed by atoms with E-state index in [2.05, 4.69) is 0 Å². The number of ether oxygens (including phenoxy) is 1. The first-order valence-electron chi connectivity index (χ1n) is 7.43. The standard InChI is InChI=1S/C16H18ClNO4/c17-14-4-2-1-3-11(14)12-8-13(12)16(21)18-5-6-22-10(9-18)7-15(19)20/h1-4,10,12-13H,5-9H2,(H,19,20). The van der Waals surface area contributed by atoms with Crippen molar-refractivity contribution in [1.82, 2.24) is 4.90 Å².